The largest absolute Gasteiger partial charge is 0.310 e. The molecular weight excluding hydrogens is 579 g/mol. The Hall–Kier alpha value is -5.92. The number of benzene rings is 7. The summed E-state index contributed by atoms with van der Waals surface area (Å²) < 4.78 is 0. The molecular formula is C47H37N. The topological polar surface area (TPSA) is 3.24 Å². The number of nitrogens with zero attached hydrogens (tertiary/aromatic N) is 1. The van der Waals surface area contributed by atoms with E-state index >= 15 is 0 Å². The summed E-state index contributed by atoms with van der Waals surface area (Å²) in [7, 11) is 0. The Morgan fingerprint density at radius 2 is 0.792 bits per heavy atom. The van der Waals surface area contributed by atoms with E-state index in [-0.39, 0.29) is 5.41 Å². The number of hydrogen-bond acceptors (Lipinski definition) is 1. The van der Waals surface area contributed by atoms with Gasteiger partial charge in [-0.15, -0.1) is 0 Å². The summed E-state index contributed by atoms with van der Waals surface area (Å²) in [5, 5.41) is 0. The Morgan fingerprint density at radius 1 is 0.375 bits per heavy atom. The van der Waals surface area contributed by atoms with E-state index in [9.17, 15) is 0 Å². The summed E-state index contributed by atoms with van der Waals surface area (Å²) in [6, 6.07) is 63.3. The molecule has 0 aromatic heterocycles. The van der Waals surface area contributed by atoms with E-state index < -0.39 is 0 Å². The number of anilines is 3. The van der Waals surface area contributed by atoms with Crippen LogP contribution >= 0.6 is 0 Å². The van der Waals surface area contributed by atoms with E-state index in [1.807, 2.05) is 0 Å². The fourth-order valence-electron chi connectivity index (χ4n) is 7.05. The predicted molar refractivity (Wildman–Crippen MR) is 205 cm³/mol. The summed E-state index contributed by atoms with van der Waals surface area (Å²) >= 11 is 0. The molecule has 1 heteroatoms. The van der Waals surface area contributed by atoms with Crippen molar-refractivity contribution in [1.82, 2.24) is 0 Å². The second-order valence-electron chi connectivity index (χ2n) is 13.1. The predicted octanol–water partition coefficient (Wildman–Crippen LogP) is 13.0. The molecule has 0 radical (unpaired) electrons. The van der Waals surface area contributed by atoms with Crippen molar-refractivity contribution >= 4 is 29.2 Å². The van der Waals surface area contributed by atoms with Crippen molar-refractivity contribution < 1.29 is 0 Å². The fourth-order valence-corrected chi connectivity index (χ4v) is 7.05. The Balaban J connectivity index is 1.04. The van der Waals surface area contributed by atoms with Gasteiger partial charge in [0.25, 0.3) is 0 Å². The first-order valence-corrected chi connectivity index (χ1v) is 16.7. The van der Waals surface area contributed by atoms with Crippen LogP contribution in [0.4, 0.5) is 17.1 Å². The molecule has 230 valence electrons. The second-order valence-corrected chi connectivity index (χ2v) is 13.1. The molecule has 0 amide bonds. The van der Waals surface area contributed by atoms with Crippen LogP contribution in [0.3, 0.4) is 0 Å². The molecule has 0 spiro atoms. The van der Waals surface area contributed by atoms with E-state index in [1.54, 1.807) is 0 Å². The lowest BCUT2D eigenvalue weighted by atomic mass is 9.81. The molecule has 0 atom stereocenters. The van der Waals surface area contributed by atoms with Gasteiger partial charge in [0.15, 0.2) is 0 Å². The lowest BCUT2D eigenvalue weighted by molar-refractivity contribution is 0.660. The van der Waals surface area contributed by atoms with Gasteiger partial charge in [0.1, 0.15) is 0 Å². The number of para-hydroxylation sites is 2. The maximum absolute atomic E-state index is 2.39. The molecule has 0 saturated heterocycles. The molecule has 0 unspecified atom stereocenters. The number of hydrogen-bond donors (Lipinski definition) is 0. The summed E-state index contributed by atoms with van der Waals surface area (Å²) in [5.41, 5.74) is 16.1. The van der Waals surface area contributed by atoms with Crippen LogP contribution in [0, 0.1) is 0 Å². The van der Waals surface area contributed by atoms with Gasteiger partial charge < -0.3 is 4.90 Å². The van der Waals surface area contributed by atoms with E-state index in [4.69, 9.17) is 0 Å². The van der Waals surface area contributed by atoms with Crippen LogP contribution in [-0.4, -0.2) is 0 Å². The van der Waals surface area contributed by atoms with Gasteiger partial charge in [0, 0.05) is 22.5 Å². The van der Waals surface area contributed by atoms with Gasteiger partial charge in [-0.2, -0.15) is 0 Å². The Labute approximate surface area is 284 Å². The first-order valence-electron chi connectivity index (χ1n) is 16.7. The zero-order valence-corrected chi connectivity index (χ0v) is 27.3. The van der Waals surface area contributed by atoms with E-state index in [0.717, 1.165) is 11.4 Å². The van der Waals surface area contributed by atoms with Crippen molar-refractivity contribution in [3.8, 4) is 33.4 Å². The Bertz CT molecular complexity index is 2170. The quantitative estimate of drug-likeness (QED) is 0.161. The maximum Gasteiger partial charge on any atom is 0.0465 e. The first-order chi connectivity index (χ1) is 23.5. The van der Waals surface area contributed by atoms with Crippen molar-refractivity contribution in [2.24, 2.45) is 0 Å². The highest BCUT2D eigenvalue weighted by molar-refractivity contribution is 5.87. The molecule has 8 rings (SSSR count). The summed E-state index contributed by atoms with van der Waals surface area (Å²) in [5.74, 6) is 0. The van der Waals surface area contributed by atoms with Crippen LogP contribution in [0.1, 0.15) is 36.1 Å². The molecule has 7 aromatic rings. The summed E-state index contributed by atoms with van der Waals surface area (Å²) in [6.45, 7) is 4.71. The Kier molecular flexibility index (Phi) is 7.59. The van der Waals surface area contributed by atoms with Crippen molar-refractivity contribution in [3.05, 3.63) is 198 Å². The highest BCUT2D eigenvalue weighted by Crippen LogP contribution is 2.51. The van der Waals surface area contributed by atoms with Gasteiger partial charge in [0.2, 0.25) is 0 Å². The van der Waals surface area contributed by atoms with Crippen LogP contribution < -0.4 is 4.90 Å². The van der Waals surface area contributed by atoms with Crippen molar-refractivity contribution in [2.75, 3.05) is 4.90 Å². The molecule has 7 aromatic carbocycles. The molecule has 48 heavy (non-hydrogen) atoms. The van der Waals surface area contributed by atoms with Crippen molar-refractivity contribution in [3.63, 3.8) is 0 Å². The molecule has 0 aliphatic heterocycles. The monoisotopic (exact) mass is 615 g/mol. The zero-order chi connectivity index (χ0) is 32.5. The minimum Gasteiger partial charge on any atom is -0.310 e. The van der Waals surface area contributed by atoms with E-state index in [0.29, 0.717) is 0 Å². The van der Waals surface area contributed by atoms with Gasteiger partial charge in [-0.25, -0.2) is 0 Å². The lowest BCUT2D eigenvalue weighted by Gasteiger charge is -2.28. The van der Waals surface area contributed by atoms with E-state index in [1.165, 1.54) is 61.3 Å². The standard InChI is InChI=1S/C47H37N/c1-47(2)45-32-35(19-18-34-20-23-37(24-21-34)39-27-25-38(26-28-39)36-12-6-3-7-13-36)22-30-43(45)44-31-29-42(33-46(44)47)48(40-14-8-4-9-15-40)41-16-10-5-11-17-41/h3-33H,1-2H3/b19-18+. The van der Waals surface area contributed by atoms with Crippen LogP contribution in [-0.2, 0) is 5.41 Å². The third-order valence-electron chi connectivity index (χ3n) is 9.67. The van der Waals surface area contributed by atoms with Gasteiger partial charge in [-0.1, -0.05) is 166 Å². The minimum absolute atomic E-state index is 0.124. The van der Waals surface area contributed by atoms with E-state index in [2.05, 4.69) is 207 Å². The number of fused-ring (bicyclic) bond motifs is 3. The molecule has 0 bridgehead atoms. The maximum atomic E-state index is 2.39. The van der Waals surface area contributed by atoms with Gasteiger partial charge >= 0.3 is 0 Å². The highest BCUT2D eigenvalue weighted by Gasteiger charge is 2.36. The molecule has 0 saturated carbocycles. The smallest absolute Gasteiger partial charge is 0.0465 e. The summed E-state index contributed by atoms with van der Waals surface area (Å²) in [4.78, 5) is 2.35. The van der Waals surface area contributed by atoms with Crippen molar-refractivity contribution in [1.29, 1.82) is 0 Å². The van der Waals surface area contributed by atoms with Gasteiger partial charge in [-0.3, -0.25) is 0 Å². The molecule has 1 aliphatic carbocycles. The molecule has 0 fully saturated rings. The first kappa shape index (κ1) is 29.5. The number of rotatable bonds is 7. The molecule has 1 nitrogen and oxygen atoms in total. The normalized spacial score (nSPS) is 12.9. The second kappa shape index (κ2) is 12.4. The minimum atomic E-state index is -0.124. The summed E-state index contributed by atoms with van der Waals surface area (Å²) in [6.07, 6.45) is 4.45. The average Bonchev–Trinajstić information content (AvgIpc) is 3.37. The SMILES string of the molecule is CC1(C)c2cc(/C=C/c3ccc(-c4ccc(-c5ccccc5)cc4)cc3)ccc2-c2ccc(N(c3ccccc3)c3ccccc3)cc21. The molecule has 0 N–H and O–H groups in total. The fraction of sp³-hybridized carbons (Fsp3) is 0.0638. The lowest BCUT2D eigenvalue weighted by Crippen LogP contribution is -2.16. The van der Waals surface area contributed by atoms with Crippen LogP contribution in [0.5, 0.6) is 0 Å². The third kappa shape index (κ3) is 5.54. The zero-order valence-electron chi connectivity index (χ0n) is 27.3. The van der Waals surface area contributed by atoms with Gasteiger partial charge in [0.05, 0.1) is 0 Å². The van der Waals surface area contributed by atoms with Crippen LogP contribution in [0.25, 0.3) is 45.5 Å². The average molecular weight is 616 g/mol. The highest BCUT2D eigenvalue weighted by atomic mass is 15.1. The van der Waals surface area contributed by atoms with Gasteiger partial charge in [-0.05, 0) is 92.0 Å². The third-order valence-corrected chi connectivity index (χ3v) is 9.67. The van der Waals surface area contributed by atoms with Crippen LogP contribution in [0.2, 0.25) is 0 Å². The molecule has 0 heterocycles. The van der Waals surface area contributed by atoms with Crippen LogP contribution in [0.15, 0.2) is 176 Å². The van der Waals surface area contributed by atoms with Crippen molar-refractivity contribution in [2.45, 2.75) is 19.3 Å². The molecule has 1 aliphatic rings. The Morgan fingerprint density at radius 3 is 1.35 bits per heavy atom.